The molecule has 1 atom stereocenters. The molecule has 150 valence electrons. The van der Waals surface area contributed by atoms with Crippen molar-refractivity contribution in [3.05, 3.63) is 59.7 Å². The van der Waals surface area contributed by atoms with Gasteiger partial charge in [0.05, 0.1) is 10.8 Å². The van der Waals surface area contributed by atoms with Crippen molar-refractivity contribution in [2.24, 2.45) is 0 Å². The van der Waals surface area contributed by atoms with Crippen molar-refractivity contribution in [1.29, 1.82) is 0 Å². The first-order valence-corrected chi connectivity index (χ1v) is 9.83. The van der Waals surface area contributed by atoms with Crippen LogP contribution in [0.2, 0.25) is 0 Å². The normalized spacial score (nSPS) is 16.1. The molecule has 8 heteroatoms. The summed E-state index contributed by atoms with van der Waals surface area (Å²) in [7, 11) is 1.44. The van der Waals surface area contributed by atoms with Crippen LogP contribution in [-0.4, -0.2) is 47.5 Å². The number of hydrogen-bond donors (Lipinski definition) is 1. The first-order valence-electron chi connectivity index (χ1n) is 8.95. The average molecular weight is 412 g/mol. The summed E-state index contributed by atoms with van der Waals surface area (Å²) in [6, 6.07) is 13.9. The summed E-state index contributed by atoms with van der Waals surface area (Å²) in [6.45, 7) is 1.51. The molecule has 0 spiro atoms. The monoisotopic (exact) mass is 412 g/mol. The molecule has 1 aliphatic rings. The Morgan fingerprint density at radius 3 is 2.48 bits per heavy atom. The van der Waals surface area contributed by atoms with Crippen LogP contribution in [0.5, 0.6) is 0 Å². The number of esters is 1. The highest BCUT2D eigenvalue weighted by Gasteiger charge is 2.37. The quantitative estimate of drug-likeness (QED) is 0.579. The first-order chi connectivity index (χ1) is 13.8. The van der Waals surface area contributed by atoms with Gasteiger partial charge in [0.1, 0.15) is 0 Å². The lowest BCUT2D eigenvalue weighted by molar-refractivity contribution is -0.136. The zero-order valence-electron chi connectivity index (χ0n) is 16.0. The summed E-state index contributed by atoms with van der Waals surface area (Å²) in [6.07, 6.45) is 0.0857. The van der Waals surface area contributed by atoms with Gasteiger partial charge in [0.2, 0.25) is 11.8 Å². The maximum Gasteiger partial charge on any atom is 0.339 e. The Morgan fingerprint density at radius 2 is 1.83 bits per heavy atom. The highest BCUT2D eigenvalue weighted by Crippen LogP contribution is 2.33. The lowest BCUT2D eigenvalue weighted by atomic mass is 10.2. The number of nitrogens with one attached hydrogen (secondary N) is 1. The van der Waals surface area contributed by atoms with Crippen LogP contribution < -0.4 is 5.32 Å². The van der Waals surface area contributed by atoms with Crippen LogP contribution in [0.4, 0.5) is 5.69 Å². The predicted octanol–water partition coefficient (Wildman–Crippen LogP) is 2.64. The topological polar surface area (TPSA) is 92.8 Å². The Kier molecular flexibility index (Phi) is 6.33. The van der Waals surface area contributed by atoms with Gasteiger partial charge in [-0.05, 0) is 31.2 Å². The highest BCUT2D eigenvalue weighted by atomic mass is 32.2. The van der Waals surface area contributed by atoms with Gasteiger partial charge in [-0.3, -0.25) is 19.3 Å². The maximum absolute atomic E-state index is 12.5. The fourth-order valence-corrected chi connectivity index (χ4v) is 3.97. The third-order valence-corrected chi connectivity index (χ3v) is 5.65. The van der Waals surface area contributed by atoms with Crippen LogP contribution in [-0.2, 0) is 19.1 Å². The standard InChI is InChI=1S/C21H20N2O5S/c1-13-7-9-14(10-8-13)22-18(24)12-28-21(27)15-5-3-4-6-16(15)29-17-11-19(25)23(2)20(17)26/h3-10,17H,11-12H2,1-2H3,(H,22,24). The number of thioether (sulfide) groups is 1. The Hall–Kier alpha value is -3.13. The summed E-state index contributed by atoms with van der Waals surface area (Å²) in [5.74, 6) is -1.66. The third-order valence-electron chi connectivity index (χ3n) is 4.39. The van der Waals surface area contributed by atoms with E-state index in [-0.39, 0.29) is 23.8 Å². The van der Waals surface area contributed by atoms with Gasteiger partial charge in [0.15, 0.2) is 6.61 Å². The molecule has 1 aliphatic heterocycles. The number of hydrogen-bond acceptors (Lipinski definition) is 6. The van der Waals surface area contributed by atoms with Crippen LogP contribution >= 0.6 is 11.8 Å². The Balaban J connectivity index is 1.61. The summed E-state index contributed by atoms with van der Waals surface area (Å²) in [4.78, 5) is 50.0. The van der Waals surface area contributed by atoms with Crippen LogP contribution in [0.15, 0.2) is 53.4 Å². The van der Waals surface area contributed by atoms with E-state index in [0.29, 0.717) is 10.6 Å². The number of carbonyl (C=O) groups is 4. The summed E-state index contributed by atoms with van der Waals surface area (Å²) in [5, 5.41) is 2.08. The van der Waals surface area contributed by atoms with E-state index < -0.39 is 23.7 Å². The molecule has 1 unspecified atom stereocenters. The molecule has 7 nitrogen and oxygen atoms in total. The van der Waals surface area contributed by atoms with Gasteiger partial charge in [-0.2, -0.15) is 0 Å². The number of rotatable bonds is 6. The lowest BCUT2D eigenvalue weighted by Gasteiger charge is -2.12. The molecule has 2 aromatic rings. The van der Waals surface area contributed by atoms with Gasteiger partial charge in [-0.15, -0.1) is 11.8 Å². The zero-order chi connectivity index (χ0) is 21.0. The molecule has 29 heavy (non-hydrogen) atoms. The van der Waals surface area contributed by atoms with E-state index >= 15 is 0 Å². The van der Waals surface area contributed by atoms with Crippen molar-refractivity contribution in [2.75, 3.05) is 19.0 Å². The van der Waals surface area contributed by atoms with E-state index in [1.54, 1.807) is 36.4 Å². The van der Waals surface area contributed by atoms with E-state index in [1.807, 2.05) is 19.1 Å². The van der Waals surface area contributed by atoms with E-state index in [2.05, 4.69) is 5.32 Å². The maximum atomic E-state index is 12.5. The molecule has 3 amide bonds. The van der Waals surface area contributed by atoms with Crippen molar-refractivity contribution in [3.8, 4) is 0 Å². The number of aryl methyl sites for hydroxylation is 1. The van der Waals surface area contributed by atoms with Crippen molar-refractivity contribution in [1.82, 2.24) is 4.90 Å². The number of nitrogens with zero attached hydrogens (tertiary/aromatic N) is 1. The number of amides is 3. The minimum atomic E-state index is -0.669. The molecule has 0 bridgehead atoms. The molecule has 0 aromatic heterocycles. The summed E-state index contributed by atoms with van der Waals surface area (Å²) in [5.41, 5.74) is 1.92. The van der Waals surface area contributed by atoms with E-state index in [1.165, 1.54) is 7.05 Å². The molecule has 1 N–H and O–H groups in total. The van der Waals surface area contributed by atoms with Crippen LogP contribution in [0, 0.1) is 6.92 Å². The second-order valence-corrected chi connectivity index (χ2v) is 7.83. The SMILES string of the molecule is Cc1ccc(NC(=O)COC(=O)c2ccccc2SC2CC(=O)N(C)C2=O)cc1. The van der Waals surface area contributed by atoms with Crippen molar-refractivity contribution >= 4 is 41.1 Å². The Bertz CT molecular complexity index is 958. The van der Waals surface area contributed by atoms with Crippen LogP contribution in [0.3, 0.4) is 0 Å². The largest absolute Gasteiger partial charge is 0.452 e. The van der Waals surface area contributed by atoms with Gasteiger partial charge >= 0.3 is 5.97 Å². The molecule has 1 saturated heterocycles. The van der Waals surface area contributed by atoms with Crippen LogP contribution in [0.25, 0.3) is 0 Å². The van der Waals surface area contributed by atoms with Crippen molar-refractivity contribution in [2.45, 2.75) is 23.5 Å². The molecule has 0 aliphatic carbocycles. The third kappa shape index (κ3) is 5.03. The molecule has 1 heterocycles. The molecule has 3 rings (SSSR count). The van der Waals surface area contributed by atoms with Crippen molar-refractivity contribution < 1.29 is 23.9 Å². The van der Waals surface area contributed by atoms with Gasteiger partial charge < -0.3 is 10.1 Å². The van der Waals surface area contributed by atoms with Gasteiger partial charge in [0.25, 0.3) is 5.91 Å². The fraction of sp³-hybridized carbons (Fsp3) is 0.238. The van der Waals surface area contributed by atoms with E-state index in [0.717, 1.165) is 22.2 Å². The second-order valence-electron chi connectivity index (χ2n) is 6.59. The second kappa shape index (κ2) is 8.91. The number of ether oxygens (including phenoxy) is 1. The lowest BCUT2D eigenvalue weighted by Crippen LogP contribution is -2.26. The average Bonchev–Trinajstić information content (AvgIpc) is 2.95. The van der Waals surface area contributed by atoms with Gasteiger partial charge in [0, 0.05) is 24.1 Å². The fourth-order valence-electron chi connectivity index (χ4n) is 2.75. The molecular weight excluding hydrogens is 392 g/mol. The predicted molar refractivity (Wildman–Crippen MR) is 109 cm³/mol. The number of likely N-dealkylation sites (tertiary alicyclic amines) is 1. The Morgan fingerprint density at radius 1 is 1.14 bits per heavy atom. The number of benzene rings is 2. The number of carbonyl (C=O) groups excluding carboxylic acids is 4. The zero-order valence-corrected chi connectivity index (χ0v) is 16.8. The van der Waals surface area contributed by atoms with E-state index in [4.69, 9.17) is 4.74 Å². The van der Waals surface area contributed by atoms with Crippen LogP contribution in [0.1, 0.15) is 22.3 Å². The first kappa shape index (κ1) is 20.6. The minimum absolute atomic E-state index is 0.0857. The van der Waals surface area contributed by atoms with Gasteiger partial charge in [-0.25, -0.2) is 4.79 Å². The smallest absolute Gasteiger partial charge is 0.339 e. The van der Waals surface area contributed by atoms with E-state index in [9.17, 15) is 19.2 Å². The number of imide groups is 1. The molecule has 0 saturated carbocycles. The molecule has 1 fully saturated rings. The summed E-state index contributed by atoms with van der Waals surface area (Å²) >= 11 is 1.15. The summed E-state index contributed by atoms with van der Waals surface area (Å²) < 4.78 is 5.13. The molecular formula is C21H20N2O5S. The minimum Gasteiger partial charge on any atom is -0.452 e. The Labute approximate surface area is 172 Å². The number of anilines is 1. The van der Waals surface area contributed by atoms with Crippen molar-refractivity contribution in [3.63, 3.8) is 0 Å². The van der Waals surface area contributed by atoms with Gasteiger partial charge in [-0.1, -0.05) is 29.8 Å². The molecule has 2 aromatic carbocycles. The highest BCUT2D eigenvalue weighted by molar-refractivity contribution is 8.00. The molecule has 0 radical (unpaired) electrons.